The average molecular weight is 364 g/mol. The van der Waals surface area contributed by atoms with Crippen molar-refractivity contribution in [3.05, 3.63) is 52.3 Å². The number of alkyl halides is 3. The molecule has 2 nitrogen and oxygen atoms in total. The van der Waals surface area contributed by atoms with Crippen LogP contribution in [0, 0.1) is 5.82 Å². The lowest BCUT2D eigenvalue weighted by Crippen LogP contribution is -2.07. The smallest absolute Gasteiger partial charge is 0.419 e. The van der Waals surface area contributed by atoms with E-state index in [9.17, 15) is 17.6 Å². The van der Waals surface area contributed by atoms with E-state index in [0.717, 1.165) is 6.07 Å². The van der Waals surface area contributed by atoms with Crippen molar-refractivity contribution in [2.24, 2.45) is 0 Å². The van der Waals surface area contributed by atoms with Gasteiger partial charge in [0.15, 0.2) is 5.75 Å². The summed E-state index contributed by atoms with van der Waals surface area (Å²) in [5, 5.41) is 2.81. The molecule has 0 aliphatic carbocycles. The lowest BCUT2D eigenvalue weighted by Gasteiger charge is -2.16. The van der Waals surface area contributed by atoms with Crippen LogP contribution in [-0.4, -0.2) is 7.05 Å². The topological polar surface area (TPSA) is 21.3 Å². The van der Waals surface area contributed by atoms with Crippen molar-refractivity contribution in [1.82, 2.24) is 0 Å². The summed E-state index contributed by atoms with van der Waals surface area (Å²) in [6.07, 6.45) is -4.63. The van der Waals surface area contributed by atoms with Crippen molar-refractivity contribution in [1.29, 1.82) is 0 Å². The first-order chi connectivity index (χ1) is 9.82. The molecule has 0 amide bonds. The molecule has 0 heterocycles. The second-order valence-corrected chi connectivity index (χ2v) is 4.96. The Balaban J connectivity index is 2.49. The van der Waals surface area contributed by atoms with Crippen molar-refractivity contribution in [3.8, 4) is 11.5 Å². The second kappa shape index (κ2) is 5.93. The van der Waals surface area contributed by atoms with Crippen LogP contribution < -0.4 is 10.1 Å². The maximum atomic E-state index is 13.2. The molecule has 0 saturated carbocycles. The zero-order valence-corrected chi connectivity index (χ0v) is 12.3. The SMILES string of the molecule is CNc1c(Br)cccc1Oc1cc(F)ccc1C(F)(F)F. The van der Waals surface area contributed by atoms with E-state index in [1.165, 1.54) is 6.07 Å². The lowest BCUT2D eigenvalue weighted by atomic mass is 10.2. The van der Waals surface area contributed by atoms with Crippen LogP contribution in [0.3, 0.4) is 0 Å². The fourth-order valence-corrected chi connectivity index (χ4v) is 2.31. The van der Waals surface area contributed by atoms with Gasteiger partial charge in [0.05, 0.1) is 11.3 Å². The Morgan fingerprint density at radius 1 is 1.10 bits per heavy atom. The van der Waals surface area contributed by atoms with Crippen molar-refractivity contribution in [2.75, 3.05) is 12.4 Å². The highest BCUT2D eigenvalue weighted by molar-refractivity contribution is 9.10. The molecule has 0 atom stereocenters. The van der Waals surface area contributed by atoms with Gasteiger partial charge in [-0.3, -0.25) is 0 Å². The average Bonchev–Trinajstić information content (AvgIpc) is 2.37. The van der Waals surface area contributed by atoms with Crippen LogP contribution in [0.15, 0.2) is 40.9 Å². The third kappa shape index (κ3) is 3.47. The van der Waals surface area contributed by atoms with Crippen LogP contribution in [0.5, 0.6) is 11.5 Å². The number of hydrogen-bond donors (Lipinski definition) is 1. The predicted octanol–water partition coefficient (Wildman–Crippen LogP) is 5.44. The van der Waals surface area contributed by atoms with Gasteiger partial charge < -0.3 is 10.1 Å². The molecule has 1 N–H and O–H groups in total. The Kier molecular flexibility index (Phi) is 4.41. The van der Waals surface area contributed by atoms with Gasteiger partial charge in [-0.1, -0.05) is 6.07 Å². The monoisotopic (exact) mass is 363 g/mol. The van der Waals surface area contributed by atoms with Gasteiger partial charge in [0.2, 0.25) is 0 Å². The van der Waals surface area contributed by atoms with Crippen LogP contribution in [0.1, 0.15) is 5.56 Å². The summed E-state index contributed by atoms with van der Waals surface area (Å²) in [4.78, 5) is 0. The maximum Gasteiger partial charge on any atom is 0.419 e. The van der Waals surface area contributed by atoms with Gasteiger partial charge in [-0.2, -0.15) is 13.2 Å². The molecule has 0 radical (unpaired) electrons. The third-order valence-electron chi connectivity index (χ3n) is 2.69. The van der Waals surface area contributed by atoms with Crippen molar-refractivity contribution < 1.29 is 22.3 Å². The summed E-state index contributed by atoms with van der Waals surface area (Å²) >= 11 is 3.25. The highest BCUT2D eigenvalue weighted by Gasteiger charge is 2.35. The van der Waals surface area contributed by atoms with E-state index in [-0.39, 0.29) is 5.75 Å². The number of para-hydroxylation sites is 1. The Morgan fingerprint density at radius 3 is 2.43 bits per heavy atom. The molecule has 2 aromatic rings. The summed E-state index contributed by atoms with van der Waals surface area (Å²) in [7, 11) is 1.60. The maximum absolute atomic E-state index is 13.2. The largest absolute Gasteiger partial charge is 0.454 e. The standard InChI is InChI=1S/C14H10BrF4NO/c1-20-13-10(15)3-2-4-11(13)21-12-7-8(16)5-6-9(12)14(17,18)19/h2-7,20H,1H3. The zero-order valence-electron chi connectivity index (χ0n) is 10.8. The van der Waals surface area contributed by atoms with E-state index < -0.39 is 23.3 Å². The van der Waals surface area contributed by atoms with Crippen LogP contribution >= 0.6 is 15.9 Å². The molecular weight excluding hydrogens is 354 g/mol. The second-order valence-electron chi connectivity index (χ2n) is 4.10. The quantitative estimate of drug-likeness (QED) is 0.733. The summed E-state index contributed by atoms with van der Waals surface area (Å²) in [6, 6.07) is 6.91. The molecule has 0 aliphatic heterocycles. The molecule has 2 aromatic carbocycles. The van der Waals surface area contributed by atoms with Gasteiger partial charge in [0.25, 0.3) is 0 Å². The number of benzene rings is 2. The molecular formula is C14H10BrF4NO. The molecule has 0 unspecified atom stereocenters. The highest BCUT2D eigenvalue weighted by Crippen LogP contribution is 2.41. The fourth-order valence-electron chi connectivity index (χ4n) is 1.77. The summed E-state index contributed by atoms with van der Waals surface area (Å²) < 4.78 is 57.9. The molecule has 0 fully saturated rings. The summed E-state index contributed by atoms with van der Waals surface area (Å²) in [5.74, 6) is -1.24. The van der Waals surface area contributed by atoms with E-state index in [0.29, 0.717) is 22.3 Å². The minimum atomic E-state index is -4.63. The first-order valence-corrected chi connectivity index (χ1v) is 6.63. The Morgan fingerprint density at radius 2 is 1.81 bits per heavy atom. The number of hydrogen-bond acceptors (Lipinski definition) is 2. The van der Waals surface area contributed by atoms with E-state index in [4.69, 9.17) is 4.74 Å². The first kappa shape index (κ1) is 15.6. The summed E-state index contributed by atoms with van der Waals surface area (Å²) in [5.41, 5.74) is -0.569. The minimum absolute atomic E-state index is 0.156. The van der Waals surface area contributed by atoms with Gasteiger partial charge in [-0.05, 0) is 40.2 Å². The molecule has 0 spiro atoms. The van der Waals surface area contributed by atoms with E-state index in [1.54, 1.807) is 19.2 Å². The van der Waals surface area contributed by atoms with Crippen LogP contribution in [0.25, 0.3) is 0 Å². The number of halogens is 5. The van der Waals surface area contributed by atoms with Crippen LogP contribution in [0.2, 0.25) is 0 Å². The van der Waals surface area contributed by atoms with Crippen LogP contribution in [-0.2, 0) is 6.18 Å². The van der Waals surface area contributed by atoms with E-state index in [2.05, 4.69) is 21.2 Å². The number of anilines is 1. The number of rotatable bonds is 3. The Hall–Kier alpha value is -1.76. The number of nitrogens with one attached hydrogen (secondary N) is 1. The highest BCUT2D eigenvalue weighted by atomic mass is 79.9. The van der Waals surface area contributed by atoms with Gasteiger partial charge in [0.1, 0.15) is 11.6 Å². The lowest BCUT2D eigenvalue weighted by molar-refractivity contribution is -0.138. The van der Waals surface area contributed by atoms with E-state index >= 15 is 0 Å². The predicted molar refractivity (Wildman–Crippen MR) is 75.2 cm³/mol. The third-order valence-corrected chi connectivity index (χ3v) is 3.36. The number of ether oxygens (including phenoxy) is 1. The van der Waals surface area contributed by atoms with Crippen molar-refractivity contribution >= 4 is 21.6 Å². The normalized spacial score (nSPS) is 11.3. The van der Waals surface area contributed by atoms with Gasteiger partial charge in [-0.25, -0.2) is 4.39 Å². The molecule has 0 bridgehead atoms. The summed E-state index contributed by atoms with van der Waals surface area (Å²) in [6.45, 7) is 0. The van der Waals surface area contributed by atoms with Crippen LogP contribution in [0.4, 0.5) is 23.2 Å². The molecule has 0 aromatic heterocycles. The molecule has 21 heavy (non-hydrogen) atoms. The Labute approximate surface area is 126 Å². The molecule has 2 rings (SSSR count). The molecule has 112 valence electrons. The van der Waals surface area contributed by atoms with E-state index in [1.807, 2.05) is 0 Å². The zero-order chi connectivity index (χ0) is 15.6. The fraction of sp³-hybridized carbons (Fsp3) is 0.143. The van der Waals surface area contributed by atoms with Gasteiger partial charge in [-0.15, -0.1) is 0 Å². The molecule has 0 saturated heterocycles. The van der Waals surface area contributed by atoms with Gasteiger partial charge in [0, 0.05) is 17.6 Å². The molecule has 0 aliphatic rings. The van der Waals surface area contributed by atoms with Crippen molar-refractivity contribution in [2.45, 2.75) is 6.18 Å². The first-order valence-electron chi connectivity index (χ1n) is 5.84. The van der Waals surface area contributed by atoms with Gasteiger partial charge >= 0.3 is 6.18 Å². The minimum Gasteiger partial charge on any atom is -0.454 e. The van der Waals surface area contributed by atoms with Crippen molar-refractivity contribution in [3.63, 3.8) is 0 Å². The molecule has 7 heteroatoms. The Bertz CT molecular complexity index is 658.